The van der Waals surface area contributed by atoms with Gasteiger partial charge >= 0.3 is 5.97 Å². The van der Waals surface area contributed by atoms with Gasteiger partial charge in [0.15, 0.2) is 0 Å². The van der Waals surface area contributed by atoms with Gasteiger partial charge in [0.1, 0.15) is 0 Å². The summed E-state index contributed by atoms with van der Waals surface area (Å²) in [4.78, 5) is 12.9. The minimum Gasteiger partial charge on any atom is -0.481 e. The summed E-state index contributed by atoms with van der Waals surface area (Å²) in [5, 5.41) is 8.50. The summed E-state index contributed by atoms with van der Waals surface area (Å²) in [6, 6.07) is 1.87. The molecule has 3 atom stereocenters. The third-order valence-electron chi connectivity index (χ3n) is 3.63. The molecule has 4 nitrogen and oxygen atoms in total. The van der Waals surface area contributed by atoms with E-state index < -0.39 is 5.97 Å². The molecule has 92 valence electrons. The van der Waals surface area contributed by atoms with Crippen molar-refractivity contribution >= 4 is 5.97 Å². The lowest BCUT2D eigenvalue weighted by molar-refractivity contribution is -0.138. The number of hydrogen-bond acceptors (Lipinski definition) is 3. The van der Waals surface area contributed by atoms with E-state index in [-0.39, 0.29) is 6.42 Å². The molecule has 0 aromatic rings. The third-order valence-corrected chi connectivity index (χ3v) is 3.63. The monoisotopic (exact) mass is 227 g/mol. The fraction of sp³-hybridized carbons (Fsp3) is 0.917. The molecule has 0 spiro atoms. The second-order valence-electron chi connectivity index (χ2n) is 5.21. The molecule has 0 aromatic heterocycles. The van der Waals surface area contributed by atoms with Crippen LogP contribution in [0.1, 0.15) is 33.1 Å². The predicted molar refractivity (Wildman–Crippen MR) is 60.3 cm³/mol. The SMILES string of the molecule is CC(C)N1[C@H](COCCC(=O)O)C[C@H]2C[C@H]21. The first-order valence-electron chi connectivity index (χ1n) is 6.16. The zero-order chi connectivity index (χ0) is 11.7. The number of ether oxygens (including phenoxy) is 1. The number of carbonyl (C=O) groups is 1. The Morgan fingerprint density at radius 3 is 2.88 bits per heavy atom. The van der Waals surface area contributed by atoms with Gasteiger partial charge in [0.2, 0.25) is 0 Å². The number of carboxylic acids is 1. The highest BCUT2D eigenvalue weighted by atomic mass is 16.5. The number of rotatable bonds is 6. The molecule has 1 saturated carbocycles. The highest BCUT2D eigenvalue weighted by Gasteiger charge is 2.52. The zero-order valence-corrected chi connectivity index (χ0v) is 10.1. The molecule has 0 unspecified atom stereocenters. The van der Waals surface area contributed by atoms with Crippen molar-refractivity contribution in [1.29, 1.82) is 0 Å². The maximum atomic E-state index is 10.3. The molecule has 1 aliphatic carbocycles. The lowest BCUT2D eigenvalue weighted by atomic mass is 10.1. The van der Waals surface area contributed by atoms with E-state index in [2.05, 4.69) is 18.7 Å². The van der Waals surface area contributed by atoms with E-state index >= 15 is 0 Å². The van der Waals surface area contributed by atoms with Gasteiger partial charge in [0, 0.05) is 18.1 Å². The predicted octanol–water partition coefficient (Wildman–Crippen LogP) is 1.35. The molecule has 0 radical (unpaired) electrons. The molecule has 2 rings (SSSR count). The van der Waals surface area contributed by atoms with Crippen molar-refractivity contribution in [3.63, 3.8) is 0 Å². The maximum Gasteiger partial charge on any atom is 0.305 e. The first-order chi connectivity index (χ1) is 7.59. The molecule has 1 saturated heterocycles. The van der Waals surface area contributed by atoms with Crippen LogP contribution in [0.25, 0.3) is 0 Å². The Morgan fingerprint density at radius 1 is 1.50 bits per heavy atom. The van der Waals surface area contributed by atoms with E-state index in [1.165, 1.54) is 12.8 Å². The summed E-state index contributed by atoms with van der Waals surface area (Å²) in [6.07, 6.45) is 2.70. The lowest BCUT2D eigenvalue weighted by Crippen LogP contribution is -2.41. The van der Waals surface area contributed by atoms with Gasteiger partial charge in [-0.15, -0.1) is 0 Å². The number of fused-ring (bicyclic) bond motifs is 1. The molecule has 0 aromatic carbocycles. The Hall–Kier alpha value is -0.610. The van der Waals surface area contributed by atoms with E-state index in [1.807, 2.05) is 0 Å². The molecule has 2 fully saturated rings. The molecule has 1 aliphatic heterocycles. The van der Waals surface area contributed by atoms with Crippen LogP contribution in [0, 0.1) is 5.92 Å². The van der Waals surface area contributed by atoms with E-state index in [1.54, 1.807) is 0 Å². The quantitative estimate of drug-likeness (QED) is 0.696. The van der Waals surface area contributed by atoms with Crippen LogP contribution in [0.5, 0.6) is 0 Å². The highest BCUT2D eigenvalue weighted by molar-refractivity contribution is 5.66. The van der Waals surface area contributed by atoms with Crippen molar-refractivity contribution in [1.82, 2.24) is 4.90 Å². The lowest BCUT2D eigenvalue weighted by Gasteiger charge is -2.30. The van der Waals surface area contributed by atoms with Crippen molar-refractivity contribution in [2.24, 2.45) is 5.92 Å². The summed E-state index contributed by atoms with van der Waals surface area (Å²) in [7, 11) is 0. The standard InChI is InChI=1S/C12H21NO3/c1-8(2)13-10(5-9-6-11(9)13)7-16-4-3-12(14)15/h8-11H,3-7H2,1-2H3,(H,14,15)/t9-,10-,11+/m0/s1. The summed E-state index contributed by atoms with van der Waals surface area (Å²) in [6.45, 7) is 5.49. The van der Waals surface area contributed by atoms with Gasteiger partial charge in [-0.3, -0.25) is 9.69 Å². The fourth-order valence-corrected chi connectivity index (χ4v) is 2.93. The van der Waals surface area contributed by atoms with Gasteiger partial charge in [-0.25, -0.2) is 0 Å². The Morgan fingerprint density at radius 2 is 2.25 bits per heavy atom. The number of carboxylic acid groups (broad SMARTS) is 1. The van der Waals surface area contributed by atoms with Crippen LogP contribution in [0.3, 0.4) is 0 Å². The van der Waals surface area contributed by atoms with Gasteiger partial charge in [0.25, 0.3) is 0 Å². The summed E-state index contributed by atoms with van der Waals surface area (Å²) in [5.41, 5.74) is 0. The van der Waals surface area contributed by atoms with Crippen LogP contribution in [-0.2, 0) is 9.53 Å². The Labute approximate surface area is 96.6 Å². The average Bonchev–Trinajstić information content (AvgIpc) is 2.84. The molecular formula is C12H21NO3. The minimum atomic E-state index is -0.782. The number of likely N-dealkylation sites (tertiary alicyclic amines) is 1. The molecule has 2 aliphatic rings. The van der Waals surface area contributed by atoms with Crippen LogP contribution in [0.2, 0.25) is 0 Å². The fourth-order valence-electron chi connectivity index (χ4n) is 2.93. The first kappa shape index (κ1) is 11.9. The zero-order valence-electron chi connectivity index (χ0n) is 10.1. The van der Waals surface area contributed by atoms with Crippen LogP contribution in [-0.4, -0.2) is 47.3 Å². The van der Waals surface area contributed by atoms with E-state index in [0.717, 1.165) is 12.0 Å². The largest absolute Gasteiger partial charge is 0.481 e. The normalized spacial score (nSPS) is 33.1. The van der Waals surface area contributed by atoms with Crippen molar-refractivity contribution in [2.75, 3.05) is 13.2 Å². The average molecular weight is 227 g/mol. The van der Waals surface area contributed by atoms with E-state index in [0.29, 0.717) is 25.3 Å². The molecular weight excluding hydrogens is 206 g/mol. The van der Waals surface area contributed by atoms with Crippen molar-refractivity contribution in [3.05, 3.63) is 0 Å². The van der Waals surface area contributed by atoms with E-state index in [9.17, 15) is 4.79 Å². The Balaban J connectivity index is 1.71. The van der Waals surface area contributed by atoms with Gasteiger partial charge in [-0.2, -0.15) is 0 Å². The first-order valence-corrected chi connectivity index (χ1v) is 6.16. The molecule has 1 heterocycles. The van der Waals surface area contributed by atoms with Gasteiger partial charge in [0.05, 0.1) is 19.6 Å². The van der Waals surface area contributed by atoms with Gasteiger partial charge in [-0.05, 0) is 32.6 Å². The van der Waals surface area contributed by atoms with E-state index in [4.69, 9.17) is 9.84 Å². The van der Waals surface area contributed by atoms with Crippen LogP contribution in [0.4, 0.5) is 0 Å². The second-order valence-corrected chi connectivity index (χ2v) is 5.21. The maximum absolute atomic E-state index is 10.3. The number of aliphatic carboxylic acids is 1. The number of nitrogens with zero attached hydrogens (tertiary/aromatic N) is 1. The second kappa shape index (κ2) is 4.72. The molecule has 4 heteroatoms. The summed E-state index contributed by atoms with van der Waals surface area (Å²) in [5.74, 6) is 0.102. The Kier molecular flexibility index (Phi) is 3.50. The Bertz CT molecular complexity index is 267. The topological polar surface area (TPSA) is 49.8 Å². The summed E-state index contributed by atoms with van der Waals surface area (Å²) >= 11 is 0. The summed E-state index contributed by atoms with van der Waals surface area (Å²) < 4.78 is 5.46. The molecule has 1 N–H and O–H groups in total. The smallest absolute Gasteiger partial charge is 0.305 e. The van der Waals surface area contributed by atoms with Crippen LogP contribution < -0.4 is 0 Å². The van der Waals surface area contributed by atoms with Crippen molar-refractivity contribution in [3.8, 4) is 0 Å². The van der Waals surface area contributed by atoms with Gasteiger partial charge in [-0.1, -0.05) is 0 Å². The van der Waals surface area contributed by atoms with Crippen LogP contribution in [0.15, 0.2) is 0 Å². The molecule has 0 amide bonds. The van der Waals surface area contributed by atoms with Gasteiger partial charge < -0.3 is 9.84 Å². The number of piperidine rings is 1. The number of hydrogen-bond donors (Lipinski definition) is 1. The minimum absolute atomic E-state index is 0.112. The molecule has 16 heavy (non-hydrogen) atoms. The third kappa shape index (κ3) is 2.55. The van der Waals surface area contributed by atoms with Crippen molar-refractivity contribution in [2.45, 2.75) is 51.2 Å². The molecule has 0 bridgehead atoms. The van der Waals surface area contributed by atoms with Crippen LogP contribution >= 0.6 is 0 Å². The van der Waals surface area contributed by atoms with Crippen molar-refractivity contribution < 1.29 is 14.6 Å². The highest BCUT2D eigenvalue weighted by Crippen LogP contribution is 2.48.